The van der Waals surface area contributed by atoms with Gasteiger partial charge in [0.1, 0.15) is 5.54 Å². The fraction of sp³-hybridized carbons (Fsp3) is 0.385. The molecule has 1 saturated carbocycles. The lowest BCUT2D eigenvalue weighted by Crippen LogP contribution is -2.59. The predicted octanol–water partition coefficient (Wildman–Crippen LogP) is 3.21. The molecule has 1 amide bonds. The van der Waals surface area contributed by atoms with Crippen molar-refractivity contribution in [1.29, 1.82) is 0 Å². The number of hydrogen-bond donors (Lipinski definition) is 2. The number of aliphatic carboxylic acids is 1. The Bertz CT molecular complexity index is 546. The lowest BCUT2D eigenvalue weighted by Gasteiger charge is -2.38. The molecule has 20 heavy (non-hydrogen) atoms. The maximum absolute atomic E-state index is 11.9. The Morgan fingerprint density at radius 2 is 2.05 bits per heavy atom. The summed E-state index contributed by atoms with van der Waals surface area (Å²) in [5.74, 6) is -1.18. The highest BCUT2D eigenvalue weighted by Gasteiger charge is 2.45. The molecular weight excluding hydrogens is 321 g/mol. The molecule has 0 spiro atoms. The van der Waals surface area contributed by atoms with Gasteiger partial charge in [-0.15, -0.1) is 11.8 Å². The van der Waals surface area contributed by atoms with Crippen molar-refractivity contribution >= 4 is 46.8 Å². The van der Waals surface area contributed by atoms with Crippen molar-refractivity contribution in [3.05, 3.63) is 28.2 Å². The molecule has 1 fully saturated rings. The summed E-state index contributed by atoms with van der Waals surface area (Å²) in [7, 11) is 0. The smallest absolute Gasteiger partial charge is 0.329 e. The number of thioether (sulfide) groups is 1. The third kappa shape index (κ3) is 3.40. The van der Waals surface area contributed by atoms with Crippen LogP contribution in [0.4, 0.5) is 0 Å². The highest BCUT2D eigenvalue weighted by Crippen LogP contribution is 2.33. The molecule has 0 aliphatic heterocycles. The molecule has 0 aromatic heterocycles. The van der Waals surface area contributed by atoms with Crippen molar-refractivity contribution in [2.75, 3.05) is 5.75 Å². The monoisotopic (exact) mass is 333 g/mol. The Morgan fingerprint density at radius 3 is 2.60 bits per heavy atom. The number of halogens is 2. The highest BCUT2D eigenvalue weighted by atomic mass is 35.5. The second kappa shape index (κ2) is 6.24. The van der Waals surface area contributed by atoms with E-state index in [2.05, 4.69) is 5.32 Å². The summed E-state index contributed by atoms with van der Waals surface area (Å²) < 4.78 is 0. The minimum atomic E-state index is -1.07. The van der Waals surface area contributed by atoms with Gasteiger partial charge in [0.05, 0.1) is 10.8 Å². The Balaban J connectivity index is 1.92. The Kier molecular flexibility index (Phi) is 4.83. The number of carbonyl (C=O) groups excluding carboxylic acids is 1. The quantitative estimate of drug-likeness (QED) is 0.812. The van der Waals surface area contributed by atoms with Gasteiger partial charge in [0.25, 0.3) is 0 Å². The summed E-state index contributed by atoms with van der Waals surface area (Å²) in [5, 5.41) is 12.8. The molecular formula is C13H13Cl2NO3S. The second-order valence-corrected chi connectivity index (χ2v) is 6.51. The van der Waals surface area contributed by atoms with Gasteiger partial charge in [-0.1, -0.05) is 23.2 Å². The Morgan fingerprint density at radius 1 is 1.35 bits per heavy atom. The Hall–Kier alpha value is -0.910. The summed E-state index contributed by atoms with van der Waals surface area (Å²) in [5.41, 5.74) is -1.07. The van der Waals surface area contributed by atoms with Gasteiger partial charge in [-0.2, -0.15) is 0 Å². The summed E-state index contributed by atoms with van der Waals surface area (Å²) in [6.45, 7) is 0. The van der Waals surface area contributed by atoms with E-state index in [-0.39, 0.29) is 11.7 Å². The third-order valence-corrected chi connectivity index (χ3v) is 4.98. The van der Waals surface area contributed by atoms with E-state index in [1.807, 2.05) is 0 Å². The maximum atomic E-state index is 11.9. The van der Waals surface area contributed by atoms with E-state index in [1.54, 1.807) is 18.2 Å². The number of carboxylic acids is 1. The molecule has 2 N–H and O–H groups in total. The number of benzene rings is 1. The molecule has 0 heterocycles. The van der Waals surface area contributed by atoms with Crippen molar-refractivity contribution in [3.8, 4) is 0 Å². The fourth-order valence-electron chi connectivity index (χ4n) is 1.96. The van der Waals surface area contributed by atoms with Gasteiger partial charge in [-0.3, -0.25) is 4.79 Å². The first-order valence-corrected chi connectivity index (χ1v) is 7.79. The number of hydrogen-bond acceptors (Lipinski definition) is 3. The molecule has 0 bridgehead atoms. The number of amides is 1. The first kappa shape index (κ1) is 15.5. The lowest BCUT2D eigenvalue weighted by atomic mass is 9.77. The number of carbonyl (C=O) groups is 2. The predicted molar refractivity (Wildman–Crippen MR) is 79.5 cm³/mol. The molecule has 1 aromatic rings. The van der Waals surface area contributed by atoms with Gasteiger partial charge in [-0.25, -0.2) is 4.79 Å². The summed E-state index contributed by atoms with van der Waals surface area (Å²) >= 11 is 13.1. The van der Waals surface area contributed by atoms with Crippen LogP contribution in [0.25, 0.3) is 0 Å². The first-order chi connectivity index (χ1) is 9.43. The van der Waals surface area contributed by atoms with Gasteiger partial charge >= 0.3 is 5.97 Å². The van der Waals surface area contributed by atoms with E-state index in [0.29, 0.717) is 27.8 Å². The molecule has 108 valence electrons. The van der Waals surface area contributed by atoms with Crippen LogP contribution in [-0.2, 0) is 9.59 Å². The topological polar surface area (TPSA) is 66.4 Å². The average Bonchev–Trinajstić information content (AvgIpc) is 2.34. The molecule has 7 heteroatoms. The Labute approximate surface area is 130 Å². The normalized spacial score (nSPS) is 16.3. The van der Waals surface area contributed by atoms with Gasteiger partial charge in [0.2, 0.25) is 5.91 Å². The number of rotatable bonds is 5. The molecule has 4 nitrogen and oxygen atoms in total. The average molecular weight is 334 g/mol. The molecule has 1 aliphatic rings. The van der Waals surface area contributed by atoms with Crippen LogP contribution in [0.2, 0.25) is 10.0 Å². The summed E-state index contributed by atoms with van der Waals surface area (Å²) in [6.07, 6.45) is 1.78. The van der Waals surface area contributed by atoms with E-state index < -0.39 is 11.5 Å². The standard InChI is InChI=1S/C13H13Cl2NO3S/c14-8-2-3-9(15)10(6-8)20-7-11(17)16-13(12(18)19)4-1-5-13/h2-3,6H,1,4-5,7H2,(H,16,17)(H,18,19). The largest absolute Gasteiger partial charge is 0.480 e. The van der Waals surface area contributed by atoms with Crippen LogP contribution in [0.5, 0.6) is 0 Å². The molecule has 1 aromatic carbocycles. The molecule has 0 unspecified atom stereocenters. The zero-order valence-corrected chi connectivity index (χ0v) is 12.8. The van der Waals surface area contributed by atoms with Crippen LogP contribution >= 0.6 is 35.0 Å². The highest BCUT2D eigenvalue weighted by molar-refractivity contribution is 8.00. The zero-order chi connectivity index (χ0) is 14.8. The van der Waals surface area contributed by atoms with Crippen LogP contribution in [0.1, 0.15) is 19.3 Å². The minimum Gasteiger partial charge on any atom is -0.480 e. The third-order valence-electron chi connectivity index (χ3n) is 3.25. The summed E-state index contributed by atoms with van der Waals surface area (Å²) in [6, 6.07) is 5.01. The van der Waals surface area contributed by atoms with Gasteiger partial charge in [-0.05, 0) is 37.5 Å². The molecule has 0 radical (unpaired) electrons. The number of nitrogens with one attached hydrogen (secondary N) is 1. The van der Waals surface area contributed by atoms with Crippen molar-refractivity contribution < 1.29 is 14.7 Å². The van der Waals surface area contributed by atoms with Gasteiger partial charge in [0.15, 0.2) is 0 Å². The van der Waals surface area contributed by atoms with E-state index in [4.69, 9.17) is 28.3 Å². The number of carboxylic acid groups (broad SMARTS) is 1. The van der Waals surface area contributed by atoms with Crippen molar-refractivity contribution in [2.45, 2.75) is 29.7 Å². The molecule has 0 atom stereocenters. The summed E-state index contributed by atoms with van der Waals surface area (Å²) in [4.78, 5) is 23.7. The second-order valence-electron chi connectivity index (χ2n) is 4.65. The van der Waals surface area contributed by atoms with Crippen molar-refractivity contribution in [2.24, 2.45) is 0 Å². The van der Waals surface area contributed by atoms with Crippen molar-refractivity contribution in [3.63, 3.8) is 0 Å². The zero-order valence-electron chi connectivity index (χ0n) is 10.5. The van der Waals surface area contributed by atoms with Crippen LogP contribution in [-0.4, -0.2) is 28.3 Å². The lowest BCUT2D eigenvalue weighted by molar-refractivity contribution is -0.151. The fourth-order valence-corrected chi connectivity index (χ4v) is 3.25. The minimum absolute atomic E-state index is 0.106. The molecule has 0 saturated heterocycles. The van der Waals surface area contributed by atoms with E-state index >= 15 is 0 Å². The molecule has 2 rings (SSSR count). The van der Waals surface area contributed by atoms with Gasteiger partial charge < -0.3 is 10.4 Å². The van der Waals surface area contributed by atoms with Crippen molar-refractivity contribution in [1.82, 2.24) is 5.32 Å². The van der Waals surface area contributed by atoms with Gasteiger partial charge in [0, 0.05) is 9.92 Å². The van der Waals surface area contributed by atoms with Crippen LogP contribution in [0.3, 0.4) is 0 Å². The first-order valence-electron chi connectivity index (χ1n) is 6.05. The van der Waals surface area contributed by atoms with Crippen LogP contribution < -0.4 is 5.32 Å². The SMILES string of the molecule is O=C(CSc1cc(Cl)ccc1Cl)NC1(C(=O)O)CCC1. The van der Waals surface area contributed by atoms with E-state index in [1.165, 1.54) is 11.8 Å². The van der Waals surface area contributed by atoms with Crippen LogP contribution in [0, 0.1) is 0 Å². The van der Waals surface area contributed by atoms with E-state index in [0.717, 1.165) is 6.42 Å². The van der Waals surface area contributed by atoms with Crippen LogP contribution in [0.15, 0.2) is 23.1 Å². The molecule has 1 aliphatic carbocycles. The van der Waals surface area contributed by atoms with E-state index in [9.17, 15) is 9.59 Å². The maximum Gasteiger partial charge on any atom is 0.329 e.